The van der Waals surface area contributed by atoms with E-state index in [-0.39, 0.29) is 5.97 Å². The summed E-state index contributed by atoms with van der Waals surface area (Å²) in [6.07, 6.45) is 0. The van der Waals surface area contributed by atoms with Crippen molar-refractivity contribution in [1.82, 2.24) is 5.32 Å². The maximum atomic E-state index is 12.2. The number of nitrogens with zero attached hydrogens (tertiary/aromatic N) is 2. The summed E-state index contributed by atoms with van der Waals surface area (Å²) in [7, 11) is 0. The number of amidine groups is 1. The van der Waals surface area contributed by atoms with E-state index in [1.165, 1.54) is 0 Å². The first kappa shape index (κ1) is 21.1. The van der Waals surface area contributed by atoms with E-state index >= 15 is 0 Å². The predicted molar refractivity (Wildman–Crippen MR) is 118 cm³/mol. The SMILES string of the molecule is CC(C)(C)OC(=O)c1cccc(CN=C2CN=C(Nc3cc(Cl)cc(Cl)c3)N2)c1. The fraction of sp³-hybridized carbons (Fsp3) is 0.286. The molecule has 0 fully saturated rings. The maximum Gasteiger partial charge on any atom is 0.338 e. The van der Waals surface area contributed by atoms with Gasteiger partial charge in [0.25, 0.3) is 0 Å². The fourth-order valence-electron chi connectivity index (χ4n) is 2.61. The van der Waals surface area contributed by atoms with Crippen LogP contribution in [0.2, 0.25) is 10.0 Å². The van der Waals surface area contributed by atoms with Crippen molar-refractivity contribution in [3.05, 3.63) is 63.6 Å². The number of aliphatic imine (C=N–C) groups is 2. The molecule has 0 unspecified atom stereocenters. The highest BCUT2D eigenvalue weighted by atomic mass is 35.5. The van der Waals surface area contributed by atoms with Crippen LogP contribution >= 0.6 is 23.2 Å². The largest absolute Gasteiger partial charge is 0.456 e. The number of anilines is 1. The van der Waals surface area contributed by atoms with Gasteiger partial charge >= 0.3 is 5.97 Å². The van der Waals surface area contributed by atoms with Crippen LogP contribution in [0.15, 0.2) is 52.4 Å². The monoisotopic (exact) mass is 432 g/mol. The highest BCUT2D eigenvalue weighted by molar-refractivity contribution is 6.35. The topological polar surface area (TPSA) is 75.1 Å². The molecule has 1 aliphatic heterocycles. The van der Waals surface area contributed by atoms with Crippen LogP contribution in [0.3, 0.4) is 0 Å². The highest BCUT2D eigenvalue weighted by Gasteiger charge is 2.18. The molecule has 0 saturated carbocycles. The predicted octanol–water partition coefficient (Wildman–Crippen LogP) is 4.92. The van der Waals surface area contributed by atoms with E-state index in [4.69, 9.17) is 27.9 Å². The van der Waals surface area contributed by atoms with Crippen molar-refractivity contribution in [2.45, 2.75) is 32.9 Å². The average Bonchev–Trinajstić information content (AvgIpc) is 3.05. The molecule has 8 heteroatoms. The van der Waals surface area contributed by atoms with Gasteiger partial charge in [0.05, 0.1) is 12.1 Å². The molecule has 2 aromatic carbocycles. The molecule has 0 amide bonds. The Morgan fingerprint density at radius 3 is 2.62 bits per heavy atom. The number of esters is 1. The van der Waals surface area contributed by atoms with Crippen molar-refractivity contribution < 1.29 is 9.53 Å². The van der Waals surface area contributed by atoms with Crippen molar-refractivity contribution in [1.29, 1.82) is 0 Å². The Bertz CT molecular complexity index is 961. The van der Waals surface area contributed by atoms with Crippen LogP contribution in [-0.4, -0.2) is 29.9 Å². The molecule has 1 heterocycles. The minimum absolute atomic E-state index is 0.346. The second kappa shape index (κ2) is 8.84. The molecule has 2 aromatic rings. The quantitative estimate of drug-likeness (QED) is 0.672. The number of halogens is 2. The molecular weight excluding hydrogens is 411 g/mol. The normalized spacial score (nSPS) is 15.1. The van der Waals surface area contributed by atoms with Crippen LogP contribution in [0.5, 0.6) is 0 Å². The van der Waals surface area contributed by atoms with E-state index in [1.54, 1.807) is 30.3 Å². The first-order valence-electron chi connectivity index (χ1n) is 9.08. The Hall–Kier alpha value is -2.57. The molecule has 0 saturated heterocycles. The Labute approximate surface area is 180 Å². The van der Waals surface area contributed by atoms with Gasteiger partial charge in [0.2, 0.25) is 5.96 Å². The van der Waals surface area contributed by atoms with Crippen LogP contribution in [0.4, 0.5) is 5.69 Å². The summed E-state index contributed by atoms with van der Waals surface area (Å²) < 4.78 is 5.41. The van der Waals surface area contributed by atoms with E-state index in [9.17, 15) is 4.79 Å². The number of carbonyl (C=O) groups is 1. The van der Waals surface area contributed by atoms with Crippen LogP contribution in [0, 0.1) is 0 Å². The molecule has 0 aliphatic carbocycles. The first-order chi connectivity index (χ1) is 13.7. The van der Waals surface area contributed by atoms with Crippen LogP contribution in [0.1, 0.15) is 36.7 Å². The third-order valence-corrected chi connectivity index (χ3v) is 4.23. The minimum Gasteiger partial charge on any atom is -0.456 e. The fourth-order valence-corrected chi connectivity index (χ4v) is 3.14. The number of rotatable bonds is 4. The molecule has 0 atom stereocenters. The van der Waals surface area contributed by atoms with Crippen LogP contribution in [0.25, 0.3) is 0 Å². The number of hydrogen-bond acceptors (Lipinski definition) is 5. The lowest BCUT2D eigenvalue weighted by Gasteiger charge is -2.19. The third-order valence-electron chi connectivity index (χ3n) is 3.79. The van der Waals surface area contributed by atoms with Crippen molar-refractivity contribution in [3.63, 3.8) is 0 Å². The van der Waals surface area contributed by atoms with Gasteiger partial charge < -0.3 is 15.4 Å². The molecule has 29 heavy (non-hydrogen) atoms. The summed E-state index contributed by atoms with van der Waals surface area (Å²) in [4.78, 5) is 21.1. The van der Waals surface area contributed by atoms with Gasteiger partial charge in [0.1, 0.15) is 18.0 Å². The molecule has 2 N–H and O–H groups in total. The number of carbonyl (C=O) groups excluding carboxylic acids is 1. The molecule has 1 aliphatic rings. The molecule has 3 rings (SSSR count). The summed E-state index contributed by atoms with van der Waals surface area (Å²) in [5.74, 6) is 0.953. The standard InChI is InChI=1S/C21H22Cl2N4O2/c1-21(2,3)29-19(28)14-6-4-5-13(7-14)11-24-18-12-25-20(27-18)26-17-9-15(22)8-16(23)10-17/h4-10H,11-12H2,1-3H3,(H2,24,25,26,27). The first-order valence-corrected chi connectivity index (χ1v) is 9.84. The van der Waals surface area contributed by atoms with Gasteiger partial charge in [-0.15, -0.1) is 0 Å². The Morgan fingerprint density at radius 2 is 1.93 bits per heavy atom. The summed E-state index contributed by atoms with van der Waals surface area (Å²) in [6.45, 7) is 6.38. The number of benzene rings is 2. The van der Waals surface area contributed by atoms with E-state index in [2.05, 4.69) is 20.6 Å². The molecule has 0 radical (unpaired) electrons. The number of ether oxygens (including phenoxy) is 1. The van der Waals surface area contributed by atoms with Crippen LogP contribution < -0.4 is 10.6 Å². The average molecular weight is 433 g/mol. The molecule has 152 valence electrons. The van der Waals surface area contributed by atoms with Crippen molar-refractivity contribution in [3.8, 4) is 0 Å². The molecule has 0 spiro atoms. The summed E-state index contributed by atoms with van der Waals surface area (Å²) in [6, 6.07) is 12.4. The Morgan fingerprint density at radius 1 is 1.21 bits per heavy atom. The van der Waals surface area contributed by atoms with E-state index in [0.717, 1.165) is 17.1 Å². The Kier molecular flexibility index (Phi) is 6.45. The number of hydrogen-bond donors (Lipinski definition) is 2. The summed E-state index contributed by atoms with van der Waals surface area (Å²) >= 11 is 12.0. The van der Waals surface area contributed by atoms with Crippen molar-refractivity contribution in [2.75, 3.05) is 11.9 Å². The molecule has 6 nitrogen and oxygen atoms in total. The minimum atomic E-state index is -0.533. The number of nitrogens with one attached hydrogen (secondary N) is 2. The maximum absolute atomic E-state index is 12.2. The molecular formula is C21H22Cl2N4O2. The van der Waals surface area contributed by atoms with Gasteiger partial charge in [0.15, 0.2) is 0 Å². The van der Waals surface area contributed by atoms with Gasteiger partial charge in [-0.2, -0.15) is 0 Å². The van der Waals surface area contributed by atoms with E-state index < -0.39 is 5.60 Å². The van der Waals surface area contributed by atoms with Gasteiger partial charge in [-0.05, 0) is 56.7 Å². The zero-order chi connectivity index (χ0) is 21.0. The van der Waals surface area contributed by atoms with Crippen molar-refractivity contribution >= 4 is 46.7 Å². The van der Waals surface area contributed by atoms with Gasteiger partial charge in [-0.25, -0.2) is 9.79 Å². The lowest BCUT2D eigenvalue weighted by molar-refractivity contribution is 0.00694. The molecule has 0 bridgehead atoms. The van der Waals surface area contributed by atoms with Crippen LogP contribution in [-0.2, 0) is 11.3 Å². The summed E-state index contributed by atoms with van der Waals surface area (Å²) in [5, 5.41) is 7.33. The lowest BCUT2D eigenvalue weighted by Crippen LogP contribution is -2.30. The Balaban J connectivity index is 1.59. The second-order valence-electron chi connectivity index (χ2n) is 7.54. The van der Waals surface area contributed by atoms with Gasteiger partial charge in [-0.3, -0.25) is 4.99 Å². The molecule has 0 aromatic heterocycles. The number of guanidine groups is 1. The zero-order valence-electron chi connectivity index (χ0n) is 16.4. The van der Waals surface area contributed by atoms with Gasteiger partial charge in [-0.1, -0.05) is 35.3 Å². The second-order valence-corrected chi connectivity index (χ2v) is 8.41. The third kappa shape index (κ3) is 6.48. The smallest absolute Gasteiger partial charge is 0.338 e. The van der Waals surface area contributed by atoms with Gasteiger partial charge in [0, 0.05) is 15.7 Å². The van der Waals surface area contributed by atoms with Crippen molar-refractivity contribution in [2.24, 2.45) is 9.98 Å². The van der Waals surface area contributed by atoms with E-state index in [0.29, 0.717) is 34.7 Å². The summed E-state index contributed by atoms with van der Waals surface area (Å²) in [5.41, 5.74) is 1.62. The zero-order valence-corrected chi connectivity index (χ0v) is 17.9. The van der Waals surface area contributed by atoms with E-state index in [1.807, 2.05) is 32.9 Å². The highest BCUT2D eigenvalue weighted by Crippen LogP contribution is 2.22. The lowest BCUT2D eigenvalue weighted by atomic mass is 10.1.